The molecule has 0 bridgehead atoms. The number of rotatable bonds is 10. The van der Waals surface area contributed by atoms with Gasteiger partial charge < -0.3 is 13.8 Å². The minimum Gasteiger partial charge on any atom is -0.460 e. The molecular formula is C12H23O6P. The average Bonchev–Trinajstić information content (AvgIpc) is 2.36. The van der Waals surface area contributed by atoms with Crippen molar-refractivity contribution in [2.24, 2.45) is 0 Å². The van der Waals surface area contributed by atoms with Crippen LogP contribution in [0.5, 0.6) is 0 Å². The average molecular weight is 294 g/mol. The lowest BCUT2D eigenvalue weighted by atomic mass is 10.2. The Balaban J connectivity index is 5.18. The second kappa shape index (κ2) is 9.23. The summed E-state index contributed by atoms with van der Waals surface area (Å²) < 4.78 is 27.5. The van der Waals surface area contributed by atoms with E-state index in [0.717, 1.165) is 0 Å². The van der Waals surface area contributed by atoms with Gasteiger partial charge in [0.25, 0.3) is 5.78 Å². The van der Waals surface area contributed by atoms with Crippen molar-refractivity contribution in [1.29, 1.82) is 0 Å². The minimum absolute atomic E-state index is 0.0942. The second-order valence-corrected chi connectivity index (χ2v) is 5.98. The van der Waals surface area contributed by atoms with Gasteiger partial charge in [-0.15, -0.1) is 0 Å². The van der Waals surface area contributed by atoms with Crippen LogP contribution in [0.25, 0.3) is 0 Å². The molecular weight excluding hydrogens is 271 g/mol. The smallest absolute Gasteiger partial charge is 0.375 e. The van der Waals surface area contributed by atoms with Gasteiger partial charge >= 0.3 is 13.6 Å². The molecule has 112 valence electrons. The number of carbonyl (C=O) groups excluding carboxylic acids is 2. The zero-order valence-corrected chi connectivity index (χ0v) is 12.9. The number of hydrogen-bond acceptors (Lipinski definition) is 6. The standard InChI is InChI=1S/C12H23O6P/c1-5-9-10(11(13)12(14)16-6-2)19(15,17-7-3)18-8-4/h10H,5-9H2,1-4H3. The van der Waals surface area contributed by atoms with Crippen LogP contribution in [-0.2, 0) is 27.9 Å². The molecule has 0 saturated carbocycles. The van der Waals surface area contributed by atoms with Crippen molar-refractivity contribution in [2.75, 3.05) is 19.8 Å². The summed E-state index contributed by atoms with van der Waals surface area (Å²) in [4.78, 5) is 23.5. The molecule has 0 rings (SSSR count). The maximum absolute atomic E-state index is 12.6. The fraction of sp³-hybridized carbons (Fsp3) is 0.833. The summed E-state index contributed by atoms with van der Waals surface area (Å²) in [6.07, 6.45) is 0.842. The number of Topliss-reactive ketones (excluding diaryl/α,β-unsaturated/α-hetero) is 1. The third-order valence-corrected chi connectivity index (χ3v) is 4.83. The number of esters is 1. The number of carbonyl (C=O) groups is 2. The molecule has 0 N–H and O–H groups in total. The van der Waals surface area contributed by atoms with Gasteiger partial charge in [0.05, 0.1) is 19.8 Å². The number of hydrogen-bond donors (Lipinski definition) is 0. The third-order valence-electron chi connectivity index (χ3n) is 2.34. The van der Waals surface area contributed by atoms with Crippen LogP contribution in [0, 0.1) is 0 Å². The van der Waals surface area contributed by atoms with Crippen molar-refractivity contribution in [3.63, 3.8) is 0 Å². The van der Waals surface area contributed by atoms with Crippen LogP contribution in [0.1, 0.15) is 40.5 Å². The quantitative estimate of drug-likeness (QED) is 0.350. The van der Waals surface area contributed by atoms with E-state index >= 15 is 0 Å². The molecule has 19 heavy (non-hydrogen) atoms. The van der Waals surface area contributed by atoms with E-state index in [-0.39, 0.29) is 26.2 Å². The SMILES string of the molecule is CCCC(C(=O)C(=O)OCC)P(=O)(OCC)OCC. The summed E-state index contributed by atoms with van der Waals surface area (Å²) in [6.45, 7) is 7.13. The topological polar surface area (TPSA) is 78.9 Å². The van der Waals surface area contributed by atoms with Crippen LogP contribution in [-0.4, -0.2) is 37.2 Å². The molecule has 0 aliphatic rings. The molecule has 0 aromatic rings. The van der Waals surface area contributed by atoms with Gasteiger partial charge in [0.2, 0.25) is 0 Å². The highest BCUT2D eigenvalue weighted by Gasteiger charge is 2.43. The summed E-state index contributed by atoms with van der Waals surface area (Å²) in [5.41, 5.74) is -1.09. The lowest BCUT2D eigenvalue weighted by molar-refractivity contribution is -0.153. The van der Waals surface area contributed by atoms with Crippen LogP contribution < -0.4 is 0 Å². The highest BCUT2D eigenvalue weighted by Crippen LogP contribution is 2.54. The maximum atomic E-state index is 12.6. The van der Waals surface area contributed by atoms with Crippen LogP contribution >= 0.6 is 7.60 Å². The summed E-state index contributed by atoms with van der Waals surface area (Å²) >= 11 is 0. The molecule has 0 saturated heterocycles. The Morgan fingerprint density at radius 3 is 1.89 bits per heavy atom. The Labute approximate surface area is 114 Å². The normalized spacial score (nSPS) is 13.1. The summed E-state index contributed by atoms with van der Waals surface area (Å²) in [5.74, 6) is -1.82. The molecule has 0 aromatic heterocycles. The van der Waals surface area contributed by atoms with Gasteiger partial charge in [0, 0.05) is 0 Å². The predicted octanol–water partition coefficient (Wildman–Crippen LogP) is 2.55. The minimum atomic E-state index is -3.63. The lowest BCUT2D eigenvalue weighted by Gasteiger charge is -2.24. The highest BCUT2D eigenvalue weighted by atomic mass is 31.2. The molecule has 7 heteroatoms. The first-order chi connectivity index (χ1) is 8.96. The van der Waals surface area contributed by atoms with Crippen LogP contribution in [0.3, 0.4) is 0 Å². The van der Waals surface area contributed by atoms with E-state index in [1.54, 1.807) is 20.8 Å². The highest BCUT2D eigenvalue weighted by molar-refractivity contribution is 7.56. The van der Waals surface area contributed by atoms with Gasteiger partial charge in [-0.1, -0.05) is 13.3 Å². The molecule has 1 unspecified atom stereocenters. The van der Waals surface area contributed by atoms with Crippen molar-refractivity contribution in [2.45, 2.75) is 46.2 Å². The van der Waals surface area contributed by atoms with E-state index in [9.17, 15) is 14.2 Å². The zero-order chi connectivity index (χ0) is 14.9. The summed E-state index contributed by atoms with van der Waals surface area (Å²) in [6, 6.07) is 0. The molecule has 1 atom stereocenters. The van der Waals surface area contributed by atoms with Crippen molar-refractivity contribution < 1.29 is 27.9 Å². The van der Waals surface area contributed by atoms with Gasteiger partial charge in [-0.3, -0.25) is 9.36 Å². The van der Waals surface area contributed by atoms with Crippen molar-refractivity contribution in [3.8, 4) is 0 Å². The van der Waals surface area contributed by atoms with E-state index in [1.807, 2.05) is 6.92 Å². The number of ether oxygens (including phenoxy) is 1. The first-order valence-electron chi connectivity index (χ1n) is 6.56. The Morgan fingerprint density at radius 1 is 1.00 bits per heavy atom. The van der Waals surface area contributed by atoms with Crippen molar-refractivity contribution in [1.82, 2.24) is 0 Å². The first-order valence-corrected chi connectivity index (χ1v) is 8.17. The number of ketones is 1. The largest absolute Gasteiger partial charge is 0.460 e. The molecule has 0 aliphatic heterocycles. The summed E-state index contributed by atoms with van der Waals surface area (Å²) in [7, 11) is -3.63. The molecule has 0 heterocycles. The van der Waals surface area contributed by atoms with Crippen molar-refractivity contribution in [3.05, 3.63) is 0 Å². The van der Waals surface area contributed by atoms with Gasteiger partial charge in [-0.2, -0.15) is 0 Å². The van der Waals surface area contributed by atoms with Gasteiger partial charge in [0.15, 0.2) is 0 Å². The van der Waals surface area contributed by atoms with E-state index in [4.69, 9.17) is 9.05 Å². The molecule has 0 amide bonds. The van der Waals surface area contributed by atoms with E-state index in [2.05, 4.69) is 4.74 Å². The van der Waals surface area contributed by atoms with E-state index < -0.39 is 25.0 Å². The van der Waals surface area contributed by atoms with E-state index in [1.165, 1.54) is 0 Å². The maximum Gasteiger partial charge on any atom is 0.375 e. The molecule has 0 fully saturated rings. The Hall–Kier alpha value is -0.710. The predicted molar refractivity (Wildman–Crippen MR) is 71.2 cm³/mol. The van der Waals surface area contributed by atoms with Crippen LogP contribution in [0.15, 0.2) is 0 Å². The van der Waals surface area contributed by atoms with Gasteiger partial charge in [-0.05, 0) is 27.2 Å². The van der Waals surface area contributed by atoms with Gasteiger partial charge in [0.1, 0.15) is 5.66 Å². The summed E-state index contributed by atoms with van der Waals surface area (Å²) in [5, 5.41) is 0. The molecule has 0 spiro atoms. The van der Waals surface area contributed by atoms with E-state index in [0.29, 0.717) is 6.42 Å². The van der Waals surface area contributed by atoms with Crippen LogP contribution in [0.2, 0.25) is 0 Å². The fourth-order valence-electron chi connectivity index (χ4n) is 1.62. The van der Waals surface area contributed by atoms with Crippen LogP contribution in [0.4, 0.5) is 0 Å². The Kier molecular flexibility index (Phi) is 8.89. The van der Waals surface area contributed by atoms with Gasteiger partial charge in [-0.25, -0.2) is 4.79 Å². The molecule has 0 aromatic carbocycles. The fourth-order valence-corrected chi connectivity index (χ4v) is 3.74. The molecule has 6 nitrogen and oxygen atoms in total. The van der Waals surface area contributed by atoms with Crippen molar-refractivity contribution >= 4 is 19.3 Å². The first kappa shape index (κ1) is 18.3. The monoisotopic (exact) mass is 294 g/mol. The molecule has 0 aliphatic carbocycles. The zero-order valence-electron chi connectivity index (χ0n) is 12.0. The second-order valence-electron chi connectivity index (χ2n) is 3.76. The third kappa shape index (κ3) is 5.43. The Morgan fingerprint density at radius 2 is 1.53 bits per heavy atom. The lowest BCUT2D eigenvalue weighted by Crippen LogP contribution is -2.31. The Bertz CT molecular complexity index is 331. The molecule has 0 radical (unpaired) electrons.